The molecule has 98 valence electrons. The van der Waals surface area contributed by atoms with Crippen LogP contribution in [0.5, 0.6) is 5.75 Å². The molecule has 0 aliphatic rings. The molecule has 2 aromatic rings. The van der Waals surface area contributed by atoms with Crippen LogP contribution < -0.4 is 39.4 Å². The van der Waals surface area contributed by atoms with Crippen molar-refractivity contribution in [3.8, 4) is 5.75 Å². The molecule has 2 rings (SSSR count). The van der Waals surface area contributed by atoms with Gasteiger partial charge in [0.25, 0.3) is 0 Å². The zero-order valence-electron chi connectivity index (χ0n) is 11.1. The first-order valence-corrected chi connectivity index (χ1v) is 6.18. The fourth-order valence-corrected chi connectivity index (χ4v) is 1.93. The Morgan fingerprint density at radius 3 is 2.40 bits per heavy atom. The van der Waals surface area contributed by atoms with Crippen LogP contribution in [-0.2, 0) is 17.8 Å². The molecule has 20 heavy (non-hydrogen) atoms. The third-order valence-electron chi connectivity index (χ3n) is 2.58. The van der Waals surface area contributed by atoms with Crippen molar-refractivity contribution in [3.05, 3.63) is 64.7 Å². The fraction of sp³-hybridized carbons (Fsp3) is 0.133. The van der Waals surface area contributed by atoms with E-state index in [4.69, 9.17) is 16.3 Å². The molecule has 0 aromatic heterocycles. The molecular formula is C15H12ClNaO3. The van der Waals surface area contributed by atoms with E-state index in [1.807, 2.05) is 30.3 Å². The van der Waals surface area contributed by atoms with E-state index in [-0.39, 0.29) is 36.0 Å². The summed E-state index contributed by atoms with van der Waals surface area (Å²) in [6.07, 6.45) is -0.154. The summed E-state index contributed by atoms with van der Waals surface area (Å²) < 4.78 is 5.59. The second-order valence-electron chi connectivity index (χ2n) is 4.09. The Morgan fingerprint density at radius 2 is 1.80 bits per heavy atom. The van der Waals surface area contributed by atoms with Crippen LogP contribution in [0, 0.1) is 0 Å². The van der Waals surface area contributed by atoms with Crippen LogP contribution in [0.3, 0.4) is 0 Å². The van der Waals surface area contributed by atoms with Gasteiger partial charge in [0.05, 0.1) is 5.02 Å². The molecule has 5 heteroatoms. The van der Waals surface area contributed by atoms with Crippen LogP contribution in [-0.4, -0.2) is 5.97 Å². The Balaban J connectivity index is 0.00000200. The quantitative estimate of drug-likeness (QED) is 0.680. The average Bonchev–Trinajstić information content (AvgIpc) is 2.38. The van der Waals surface area contributed by atoms with Crippen molar-refractivity contribution in [3.63, 3.8) is 0 Å². The van der Waals surface area contributed by atoms with Crippen molar-refractivity contribution < 1.29 is 44.2 Å². The Morgan fingerprint density at radius 1 is 1.10 bits per heavy atom. The zero-order chi connectivity index (χ0) is 13.7. The summed E-state index contributed by atoms with van der Waals surface area (Å²) in [7, 11) is 0. The van der Waals surface area contributed by atoms with E-state index in [1.54, 1.807) is 18.2 Å². The summed E-state index contributed by atoms with van der Waals surface area (Å²) in [5, 5.41) is 10.9. The van der Waals surface area contributed by atoms with Crippen LogP contribution in [0.1, 0.15) is 11.1 Å². The first kappa shape index (κ1) is 17.1. The van der Waals surface area contributed by atoms with Crippen molar-refractivity contribution in [1.82, 2.24) is 0 Å². The Hall–Kier alpha value is -1.000. The number of carbonyl (C=O) groups is 1. The average molecular weight is 299 g/mol. The predicted molar refractivity (Wildman–Crippen MR) is 70.9 cm³/mol. The predicted octanol–water partition coefficient (Wildman–Crippen LogP) is -0.785. The molecule has 0 unspecified atom stereocenters. The molecule has 0 aliphatic carbocycles. The number of benzene rings is 2. The molecule has 3 nitrogen and oxygen atoms in total. The molecule has 2 aromatic carbocycles. The monoisotopic (exact) mass is 298 g/mol. The van der Waals surface area contributed by atoms with Gasteiger partial charge in [-0.15, -0.1) is 0 Å². The van der Waals surface area contributed by atoms with E-state index < -0.39 is 5.97 Å². The summed E-state index contributed by atoms with van der Waals surface area (Å²) >= 11 is 6.04. The number of carboxylic acid groups (broad SMARTS) is 1. The van der Waals surface area contributed by atoms with Gasteiger partial charge in [-0.1, -0.05) is 48.0 Å². The van der Waals surface area contributed by atoms with Crippen LogP contribution in [0.15, 0.2) is 48.5 Å². The smallest absolute Gasteiger partial charge is 0.550 e. The fourth-order valence-electron chi connectivity index (χ4n) is 1.67. The van der Waals surface area contributed by atoms with Gasteiger partial charge in [0.1, 0.15) is 12.4 Å². The van der Waals surface area contributed by atoms with Gasteiger partial charge in [-0.25, -0.2) is 0 Å². The summed E-state index contributed by atoms with van der Waals surface area (Å²) in [6, 6.07) is 14.6. The topological polar surface area (TPSA) is 49.4 Å². The third-order valence-corrected chi connectivity index (χ3v) is 2.88. The molecule has 0 fully saturated rings. The Bertz CT molecular complexity index is 573. The first-order valence-electron chi connectivity index (χ1n) is 5.80. The van der Waals surface area contributed by atoms with Gasteiger partial charge in [0.15, 0.2) is 0 Å². The van der Waals surface area contributed by atoms with E-state index in [0.717, 1.165) is 5.56 Å². The van der Waals surface area contributed by atoms with Crippen molar-refractivity contribution in [2.24, 2.45) is 0 Å². The van der Waals surface area contributed by atoms with Crippen LogP contribution in [0.4, 0.5) is 0 Å². The molecule has 0 atom stereocenters. The molecule has 0 N–H and O–H groups in total. The van der Waals surface area contributed by atoms with Crippen LogP contribution >= 0.6 is 11.6 Å². The molecule has 0 amide bonds. The van der Waals surface area contributed by atoms with E-state index in [1.165, 1.54) is 0 Å². The number of hydrogen-bond acceptors (Lipinski definition) is 3. The minimum Gasteiger partial charge on any atom is -0.550 e. The number of aliphatic carboxylic acids is 1. The van der Waals surface area contributed by atoms with Crippen molar-refractivity contribution >= 4 is 17.6 Å². The van der Waals surface area contributed by atoms with Gasteiger partial charge >= 0.3 is 29.6 Å². The summed E-state index contributed by atoms with van der Waals surface area (Å²) in [5.74, 6) is -0.596. The maximum absolute atomic E-state index is 10.5. The molecule has 0 aliphatic heterocycles. The first-order chi connectivity index (χ1) is 9.15. The SMILES string of the molecule is O=C([O-])Cc1ccc(OCc2ccccc2)c(Cl)c1.[Na+]. The third kappa shape index (κ3) is 5.17. The Kier molecular flexibility index (Phi) is 7.10. The van der Waals surface area contributed by atoms with Crippen molar-refractivity contribution in [1.29, 1.82) is 0 Å². The van der Waals surface area contributed by atoms with Crippen molar-refractivity contribution in [2.75, 3.05) is 0 Å². The van der Waals surface area contributed by atoms with Gasteiger partial charge in [-0.2, -0.15) is 0 Å². The summed E-state index contributed by atoms with van der Waals surface area (Å²) in [5.41, 5.74) is 1.63. The Labute approximate surface area is 144 Å². The van der Waals surface area contributed by atoms with Crippen molar-refractivity contribution in [2.45, 2.75) is 13.0 Å². The van der Waals surface area contributed by atoms with E-state index in [2.05, 4.69) is 0 Å². The minimum absolute atomic E-state index is 0. The van der Waals surface area contributed by atoms with Gasteiger partial charge in [0, 0.05) is 12.4 Å². The van der Waals surface area contributed by atoms with Gasteiger partial charge in [0.2, 0.25) is 0 Å². The molecule has 0 saturated heterocycles. The number of rotatable bonds is 5. The molecule has 0 bridgehead atoms. The number of ether oxygens (including phenoxy) is 1. The zero-order valence-corrected chi connectivity index (χ0v) is 13.9. The van der Waals surface area contributed by atoms with E-state index >= 15 is 0 Å². The van der Waals surface area contributed by atoms with E-state index in [0.29, 0.717) is 22.9 Å². The number of carbonyl (C=O) groups excluding carboxylic acids is 1. The number of hydrogen-bond donors (Lipinski definition) is 0. The standard InChI is InChI=1S/C15H13ClO3.Na/c16-13-8-12(9-15(17)18)6-7-14(13)19-10-11-4-2-1-3-5-11;/h1-8H,9-10H2,(H,17,18);/q;+1/p-1. The maximum atomic E-state index is 10.5. The number of carboxylic acids is 1. The van der Waals surface area contributed by atoms with Crippen LogP contribution in [0.2, 0.25) is 5.02 Å². The summed E-state index contributed by atoms with van der Waals surface area (Å²) in [4.78, 5) is 10.5. The second kappa shape index (κ2) is 8.32. The minimum atomic E-state index is -1.13. The van der Waals surface area contributed by atoms with Gasteiger partial charge < -0.3 is 14.6 Å². The number of halogens is 1. The van der Waals surface area contributed by atoms with Crippen LogP contribution in [0.25, 0.3) is 0 Å². The largest absolute Gasteiger partial charge is 1.00 e. The normalized spacial score (nSPS) is 9.65. The maximum Gasteiger partial charge on any atom is 1.00 e. The van der Waals surface area contributed by atoms with Gasteiger partial charge in [-0.05, 0) is 23.3 Å². The molecule has 0 saturated carbocycles. The second-order valence-corrected chi connectivity index (χ2v) is 4.50. The molecule has 0 heterocycles. The van der Waals surface area contributed by atoms with Gasteiger partial charge in [-0.3, -0.25) is 0 Å². The summed E-state index contributed by atoms with van der Waals surface area (Å²) in [6.45, 7) is 0.417. The molecule has 0 spiro atoms. The molecular weight excluding hydrogens is 287 g/mol. The molecule has 0 radical (unpaired) electrons. The van der Waals surface area contributed by atoms with E-state index in [9.17, 15) is 9.90 Å².